The van der Waals surface area contributed by atoms with E-state index in [9.17, 15) is 28.2 Å². The molecule has 30 heavy (non-hydrogen) atoms. The van der Waals surface area contributed by atoms with Crippen LogP contribution in [-0.4, -0.2) is 21.8 Å². The van der Waals surface area contributed by atoms with E-state index in [4.69, 9.17) is 0 Å². The lowest BCUT2D eigenvalue weighted by Gasteiger charge is -2.17. The fourth-order valence-corrected chi connectivity index (χ4v) is 3.28. The van der Waals surface area contributed by atoms with Gasteiger partial charge in [0, 0.05) is 11.6 Å². The van der Waals surface area contributed by atoms with Crippen LogP contribution in [0.15, 0.2) is 71.7 Å². The number of para-hydroxylation sites is 1. The Labute approximate surface area is 169 Å². The van der Waals surface area contributed by atoms with E-state index < -0.39 is 17.6 Å². The van der Waals surface area contributed by atoms with Crippen LogP contribution < -0.4 is 4.90 Å². The number of aromatic hydroxyl groups is 2. The molecule has 2 N–H and O–H groups in total. The molecule has 0 fully saturated rings. The molecular formula is C22H15F3N2O3. The van der Waals surface area contributed by atoms with E-state index in [1.165, 1.54) is 35.2 Å². The number of alkyl halides is 3. The summed E-state index contributed by atoms with van der Waals surface area (Å²) < 4.78 is 38.8. The van der Waals surface area contributed by atoms with Crippen molar-refractivity contribution in [3.63, 3.8) is 0 Å². The Balaban J connectivity index is 1.71. The van der Waals surface area contributed by atoms with Gasteiger partial charge in [-0.25, -0.2) is 0 Å². The van der Waals surface area contributed by atoms with Crippen molar-refractivity contribution >= 4 is 23.0 Å². The summed E-state index contributed by atoms with van der Waals surface area (Å²) in [6.45, 7) is -0.103. The summed E-state index contributed by atoms with van der Waals surface area (Å²) in [5.74, 6) is -1.18. The van der Waals surface area contributed by atoms with Crippen LogP contribution in [0.1, 0.15) is 16.7 Å². The quantitative estimate of drug-likeness (QED) is 0.608. The molecule has 0 unspecified atom stereocenters. The summed E-state index contributed by atoms with van der Waals surface area (Å²) in [5.41, 5.74) is 1.03. The minimum Gasteiger partial charge on any atom is -0.504 e. The second kappa shape index (κ2) is 7.22. The minimum absolute atomic E-state index is 0.103. The summed E-state index contributed by atoms with van der Waals surface area (Å²) in [4.78, 5) is 18.7. The first-order chi connectivity index (χ1) is 14.3. The number of nitrogens with zero attached hydrogens (tertiary/aromatic N) is 2. The van der Waals surface area contributed by atoms with Crippen molar-refractivity contribution in [1.82, 2.24) is 0 Å². The van der Waals surface area contributed by atoms with Crippen LogP contribution >= 0.6 is 0 Å². The van der Waals surface area contributed by atoms with Crippen molar-refractivity contribution in [2.24, 2.45) is 4.99 Å². The van der Waals surface area contributed by atoms with Gasteiger partial charge in [-0.2, -0.15) is 13.2 Å². The third kappa shape index (κ3) is 3.47. The number of fused-ring (bicyclic) bond motifs is 1. The number of phenolic OH excluding ortho intramolecular Hbond substituents is 2. The Morgan fingerprint density at radius 1 is 0.900 bits per heavy atom. The maximum Gasteiger partial charge on any atom is 0.416 e. The lowest BCUT2D eigenvalue weighted by molar-refractivity contribution is -0.137. The molecule has 3 aromatic rings. The smallest absolute Gasteiger partial charge is 0.416 e. The molecule has 5 nitrogen and oxygen atoms in total. The van der Waals surface area contributed by atoms with Crippen LogP contribution in [-0.2, 0) is 17.5 Å². The monoisotopic (exact) mass is 412 g/mol. The van der Waals surface area contributed by atoms with E-state index in [1.54, 1.807) is 24.3 Å². The average Bonchev–Trinajstić information content (AvgIpc) is 2.99. The molecule has 0 bridgehead atoms. The fourth-order valence-electron chi connectivity index (χ4n) is 3.28. The topological polar surface area (TPSA) is 73.1 Å². The van der Waals surface area contributed by atoms with Crippen molar-refractivity contribution in [3.05, 3.63) is 83.4 Å². The molecule has 0 saturated heterocycles. The number of amides is 1. The molecule has 1 aliphatic rings. The molecular weight excluding hydrogens is 397 g/mol. The number of rotatable bonds is 3. The second-order valence-electron chi connectivity index (χ2n) is 6.69. The zero-order valence-electron chi connectivity index (χ0n) is 15.4. The summed E-state index contributed by atoms with van der Waals surface area (Å²) in [7, 11) is 0. The predicted octanol–water partition coefficient (Wildman–Crippen LogP) is 4.78. The van der Waals surface area contributed by atoms with Gasteiger partial charge >= 0.3 is 6.18 Å². The average molecular weight is 412 g/mol. The van der Waals surface area contributed by atoms with E-state index in [-0.39, 0.29) is 23.8 Å². The maximum absolute atomic E-state index is 13.1. The largest absolute Gasteiger partial charge is 0.504 e. The molecule has 0 radical (unpaired) electrons. The SMILES string of the molecule is O=C1C(=NCc2cccc(C(F)(F)F)c2)c2ccccc2N1c1ccc(O)c(O)c1. The Bertz CT molecular complexity index is 1170. The van der Waals surface area contributed by atoms with Gasteiger partial charge in [-0.1, -0.05) is 30.3 Å². The zero-order valence-corrected chi connectivity index (χ0v) is 15.4. The first-order valence-electron chi connectivity index (χ1n) is 8.92. The van der Waals surface area contributed by atoms with Crippen molar-refractivity contribution in [3.8, 4) is 11.5 Å². The van der Waals surface area contributed by atoms with Crippen molar-refractivity contribution in [2.75, 3.05) is 4.90 Å². The lowest BCUT2D eigenvalue weighted by Crippen LogP contribution is -2.25. The minimum atomic E-state index is -4.46. The third-order valence-corrected chi connectivity index (χ3v) is 4.70. The van der Waals surface area contributed by atoms with Gasteiger partial charge in [0.2, 0.25) is 0 Å². The number of hydrogen-bond donors (Lipinski definition) is 2. The molecule has 0 aliphatic carbocycles. The van der Waals surface area contributed by atoms with Crippen LogP contribution in [0.5, 0.6) is 11.5 Å². The highest BCUT2D eigenvalue weighted by Gasteiger charge is 2.35. The maximum atomic E-state index is 13.1. The first kappa shape index (κ1) is 19.5. The van der Waals surface area contributed by atoms with Crippen LogP contribution in [0.4, 0.5) is 24.5 Å². The molecule has 152 valence electrons. The number of carbonyl (C=O) groups is 1. The van der Waals surface area contributed by atoms with E-state index in [0.29, 0.717) is 22.5 Å². The van der Waals surface area contributed by atoms with Crippen LogP contribution in [0.25, 0.3) is 0 Å². The summed E-state index contributed by atoms with van der Waals surface area (Å²) in [6, 6.07) is 15.6. The van der Waals surface area contributed by atoms with E-state index in [2.05, 4.69) is 4.99 Å². The third-order valence-electron chi connectivity index (χ3n) is 4.70. The van der Waals surface area contributed by atoms with Crippen molar-refractivity contribution in [2.45, 2.75) is 12.7 Å². The Morgan fingerprint density at radius 2 is 1.67 bits per heavy atom. The number of carbonyl (C=O) groups excluding carboxylic acids is 1. The van der Waals surface area contributed by atoms with Crippen LogP contribution in [0, 0.1) is 0 Å². The number of benzene rings is 3. The fraction of sp³-hybridized carbons (Fsp3) is 0.0909. The standard InChI is InChI=1S/C22H15F3N2O3/c23-22(24,25)14-5-3-4-13(10-14)12-26-20-16-6-1-2-7-17(16)27(21(20)30)15-8-9-18(28)19(29)11-15/h1-11,28-29H,12H2. The van der Waals surface area contributed by atoms with Crippen molar-refractivity contribution in [1.29, 1.82) is 0 Å². The molecule has 3 aromatic carbocycles. The Morgan fingerprint density at radius 3 is 2.40 bits per heavy atom. The van der Waals surface area contributed by atoms with Gasteiger partial charge in [-0.3, -0.25) is 14.7 Å². The van der Waals surface area contributed by atoms with Crippen LogP contribution in [0.2, 0.25) is 0 Å². The second-order valence-corrected chi connectivity index (χ2v) is 6.69. The number of halogens is 3. The molecule has 1 heterocycles. The van der Waals surface area contributed by atoms with E-state index in [1.807, 2.05) is 0 Å². The number of hydrogen-bond acceptors (Lipinski definition) is 4. The van der Waals surface area contributed by atoms with Gasteiger partial charge in [0.05, 0.1) is 23.5 Å². The summed E-state index contributed by atoms with van der Waals surface area (Å²) >= 11 is 0. The molecule has 1 aliphatic heterocycles. The van der Waals surface area contributed by atoms with Gasteiger partial charge in [0.25, 0.3) is 5.91 Å². The molecule has 1 amide bonds. The molecule has 0 atom stereocenters. The lowest BCUT2D eigenvalue weighted by atomic mass is 10.1. The van der Waals surface area contributed by atoms with Crippen molar-refractivity contribution < 1.29 is 28.2 Å². The highest BCUT2D eigenvalue weighted by molar-refractivity contribution is 6.55. The summed E-state index contributed by atoms with van der Waals surface area (Å²) in [5, 5.41) is 19.3. The molecule has 0 spiro atoms. The molecule has 4 rings (SSSR count). The molecule has 8 heteroatoms. The number of anilines is 2. The zero-order chi connectivity index (χ0) is 21.5. The summed E-state index contributed by atoms with van der Waals surface area (Å²) in [6.07, 6.45) is -4.46. The van der Waals surface area contributed by atoms with E-state index >= 15 is 0 Å². The highest BCUT2D eigenvalue weighted by atomic mass is 19.4. The number of aliphatic imine (C=N–C) groups is 1. The predicted molar refractivity (Wildman–Crippen MR) is 105 cm³/mol. The van der Waals surface area contributed by atoms with Gasteiger partial charge in [0.1, 0.15) is 5.71 Å². The Hall–Kier alpha value is -3.81. The van der Waals surface area contributed by atoms with E-state index in [0.717, 1.165) is 12.1 Å². The van der Waals surface area contributed by atoms with Gasteiger partial charge in [0.15, 0.2) is 11.5 Å². The van der Waals surface area contributed by atoms with Gasteiger partial charge < -0.3 is 10.2 Å². The van der Waals surface area contributed by atoms with Gasteiger partial charge in [-0.15, -0.1) is 0 Å². The van der Waals surface area contributed by atoms with Crippen LogP contribution in [0.3, 0.4) is 0 Å². The normalized spacial score (nSPS) is 15.0. The highest BCUT2D eigenvalue weighted by Crippen LogP contribution is 2.39. The van der Waals surface area contributed by atoms with Gasteiger partial charge in [-0.05, 0) is 35.9 Å². The number of phenols is 2. The first-order valence-corrected chi connectivity index (χ1v) is 8.92. The Kier molecular flexibility index (Phi) is 4.69. The molecule has 0 aromatic heterocycles. The molecule has 0 saturated carbocycles.